The summed E-state index contributed by atoms with van der Waals surface area (Å²) in [6, 6.07) is 13.1. The molecule has 0 fully saturated rings. The molecule has 0 saturated carbocycles. The Bertz CT molecular complexity index is 926. The van der Waals surface area contributed by atoms with Gasteiger partial charge in [-0.3, -0.25) is 4.40 Å². The molecule has 6 heteroatoms. The lowest BCUT2D eigenvalue weighted by molar-refractivity contribution is 0.845. The zero-order valence-electron chi connectivity index (χ0n) is 11.9. The minimum Gasteiger partial charge on any atom is -0.251 e. The van der Waals surface area contributed by atoms with Crippen LogP contribution in [0.3, 0.4) is 0 Å². The van der Waals surface area contributed by atoms with Crippen molar-refractivity contribution >= 4 is 17.4 Å². The van der Waals surface area contributed by atoms with Gasteiger partial charge in [0.15, 0.2) is 5.16 Å². The molecule has 0 saturated heterocycles. The molecule has 108 valence electrons. The zero-order chi connectivity index (χ0) is 15.5. The van der Waals surface area contributed by atoms with Gasteiger partial charge in [0.1, 0.15) is 5.65 Å². The highest BCUT2D eigenvalue weighted by atomic mass is 32.2. The maximum atomic E-state index is 12.0. The fourth-order valence-corrected chi connectivity index (χ4v) is 2.77. The van der Waals surface area contributed by atoms with Crippen molar-refractivity contribution in [1.29, 1.82) is 5.26 Å². The first-order chi connectivity index (χ1) is 10.7. The molecule has 0 aliphatic carbocycles. The molecule has 0 unspecified atom stereocenters. The Hall–Kier alpha value is -2.65. The molecular weight excluding hydrogens is 296 g/mol. The maximum absolute atomic E-state index is 12.0. The Morgan fingerprint density at radius 3 is 2.73 bits per heavy atom. The topological polar surface area (TPSA) is 71.1 Å². The van der Waals surface area contributed by atoms with Crippen LogP contribution < -0.4 is 5.69 Å². The van der Waals surface area contributed by atoms with Gasteiger partial charge in [-0.2, -0.15) is 10.2 Å². The van der Waals surface area contributed by atoms with Crippen molar-refractivity contribution in [2.75, 3.05) is 0 Å². The van der Waals surface area contributed by atoms with E-state index >= 15 is 0 Å². The third-order valence-electron chi connectivity index (χ3n) is 3.15. The van der Waals surface area contributed by atoms with Crippen LogP contribution in [0.5, 0.6) is 0 Å². The van der Waals surface area contributed by atoms with E-state index in [-0.39, 0.29) is 5.69 Å². The Morgan fingerprint density at radius 1 is 1.23 bits per heavy atom. The van der Waals surface area contributed by atoms with Crippen LogP contribution in [0.4, 0.5) is 0 Å². The van der Waals surface area contributed by atoms with E-state index in [0.29, 0.717) is 22.1 Å². The SMILES string of the molecule is Cc1ccn2c(=O)nc(SCc3ccc(C#N)cc3)nc2c1. The molecule has 0 spiro atoms. The molecule has 3 rings (SSSR count). The minimum absolute atomic E-state index is 0.327. The molecule has 0 aliphatic rings. The number of aryl methyl sites for hydroxylation is 1. The summed E-state index contributed by atoms with van der Waals surface area (Å²) in [5.41, 5.74) is 3.00. The van der Waals surface area contributed by atoms with Crippen LogP contribution in [0, 0.1) is 18.3 Å². The number of benzene rings is 1. The molecule has 0 atom stereocenters. The summed E-state index contributed by atoms with van der Waals surface area (Å²) >= 11 is 1.40. The number of fused-ring (bicyclic) bond motifs is 1. The van der Waals surface area contributed by atoms with Crippen LogP contribution >= 0.6 is 11.8 Å². The molecule has 0 aliphatic heterocycles. The van der Waals surface area contributed by atoms with E-state index in [1.54, 1.807) is 18.3 Å². The quantitative estimate of drug-likeness (QED) is 0.695. The van der Waals surface area contributed by atoms with Gasteiger partial charge in [0.25, 0.3) is 0 Å². The number of hydrogen-bond donors (Lipinski definition) is 0. The van der Waals surface area contributed by atoms with Crippen molar-refractivity contribution in [3.8, 4) is 6.07 Å². The molecule has 0 radical (unpaired) electrons. The number of pyridine rings is 1. The van der Waals surface area contributed by atoms with E-state index in [2.05, 4.69) is 16.0 Å². The van der Waals surface area contributed by atoms with Crippen LogP contribution in [0.1, 0.15) is 16.7 Å². The van der Waals surface area contributed by atoms with Gasteiger partial charge < -0.3 is 0 Å². The number of aromatic nitrogens is 3. The average molecular weight is 308 g/mol. The Kier molecular flexibility index (Phi) is 3.90. The third-order valence-corrected chi connectivity index (χ3v) is 4.07. The fraction of sp³-hybridized carbons (Fsp3) is 0.125. The lowest BCUT2D eigenvalue weighted by atomic mass is 10.2. The summed E-state index contributed by atoms with van der Waals surface area (Å²) in [7, 11) is 0. The Labute approximate surface area is 131 Å². The van der Waals surface area contributed by atoms with Crippen molar-refractivity contribution < 1.29 is 0 Å². The van der Waals surface area contributed by atoms with Crippen molar-refractivity contribution in [1.82, 2.24) is 14.4 Å². The number of nitrogens with zero attached hydrogens (tertiary/aromatic N) is 4. The van der Waals surface area contributed by atoms with Gasteiger partial charge in [0, 0.05) is 11.9 Å². The van der Waals surface area contributed by atoms with E-state index < -0.39 is 0 Å². The number of hydrogen-bond acceptors (Lipinski definition) is 5. The predicted octanol–water partition coefficient (Wildman–Crippen LogP) is 2.56. The van der Waals surface area contributed by atoms with Crippen LogP contribution in [0.2, 0.25) is 0 Å². The number of rotatable bonds is 3. The summed E-state index contributed by atoms with van der Waals surface area (Å²) in [5, 5.41) is 9.24. The van der Waals surface area contributed by atoms with Crippen molar-refractivity contribution in [2.45, 2.75) is 17.8 Å². The van der Waals surface area contributed by atoms with Gasteiger partial charge in [-0.1, -0.05) is 23.9 Å². The first-order valence-electron chi connectivity index (χ1n) is 6.64. The smallest absolute Gasteiger partial charge is 0.251 e. The third kappa shape index (κ3) is 3.00. The van der Waals surface area contributed by atoms with Crippen LogP contribution in [0.15, 0.2) is 52.5 Å². The van der Waals surface area contributed by atoms with Gasteiger partial charge in [0.2, 0.25) is 0 Å². The summed E-state index contributed by atoms with van der Waals surface area (Å²) in [5.74, 6) is 0.646. The fourth-order valence-electron chi connectivity index (χ4n) is 1.98. The first-order valence-corrected chi connectivity index (χ1v) is 7.63. The number of nitriles is 1. The number of thioether (sulfide) groups is 1. The monoisotopic (exact) mass is 308 g/mol. The molecule has 2 heterocycles. The molecule has 0 amide bonds. The second kappa shape index (κ2) is 6.00. The van der Waals surface area contributed by atoms with E-state index in [9.17, 15) is 4.79 Å². The van der Waals surface area contributed by atoms with Crippen molar-refractivity contribution in [3.63, 3.8) is 0 Å². The standard InChI is InChI=1S/C16H12N4OS/c1-11-6-7-20-14(8-11)18-15(19-16(20)21)22-10-13-4-2-12(9-17)3-5-13/h2-8H,10H2,1H3. The van der Waals surface area contributed by atoms with Crippen molar-refractivity contribution in [2.24, 2.45) is 0 Å². The predicted molar refractivity (Wildman–Crippen MR) is 84.7 cm³/mol. The molecule has 0 bridgehead atoms. The summed E-state index contributed by atoms with van der Waals surface area (Å²) < 4.78 is 1.43. The van der Waals surface area contributed by atoms with E-state index in [1.165, 1.54) is 16.2 Å². The minimum atomic E-state index is -0.327. The molecule has 5 nitrogen and oxygen atoms in total. The second-order valence-corrected chi connectivity index (χ2v) is 5.76. The molecule has 2 aromatic heterocycles. The molecule has 3 aromatic rings. The molecular formula is C16H12N4OS. The summed E-state index contributed by atoms with van der Waals surface area (Å²) in [6.07, 6.45) is 1.68. The van der Waals surface area contributed by atoms with Crippen LogP contribution in [-0.2, 0) is 5.75 Å². The maximum Gasteiger partial charge on any atom is 0.355 e. The highest BCUT2D eigenvalue weighted by Crippen LogP contribution is 2.19. The van der Waals surface area contributed by atoms with E-state index in [0.717, 1.165) is 11.1 Å². The van der Waals surface area contributed by atoms with Crippen molar-refractivity contribution in [3.05, 3.63) is 69.8 Å². The van der Waals surface area contributed by atoms with Gasteiger partial charge in [-0.05, 0) is 42.3 Å². The van der Waals surface area contributed by atoms with Gasteiger partial charge in [-0.15, -0.1) is 0 Å². The van der Waals surface area contributed by atoms with Crippen LogP contribution in [0.25, 0.3) is 5.65 Å². The Morgan fingerprint density at radius 2 is 2.00 bits per heavy atom. The largest absolute Gasteiger partial charge is 0.355 e. The molecule has 0 N–H and O–H groups in total. The lowest BCUT2D eigenvalue weighted by Crippen LogP contribution is -2.19. The van der Waals surface area contributed by atoms with E-state index in [4.69, 9.17) is 5.26 Å². The van der Waals surface area contributed by atoms with E-state index in [1.807, 2.05) is 31.2 Å². The molecule has 1 aromatic carbocycles. The summed E-state index contributed by atoms with van der Waals surface area (Å²) in [4.78, 5) is 20.4. The van der Waals surface area contributed by atoms with Gasteiger partial charge in [-0.25, -0.2) is 9.78 Å². The normalized spacial score (nSPS) is 10.5. The average Bonchev–Trinajstić information content (AvgIpc) is 2.53. The highest BCUT2D eigenvalue weighted by molar-refractivity contribution is 7.98. The highest BCUT2D eigenvalue weighted by Gasteiger charge is 2.05. The molecule has 22 heavy (non-hydrogen) atoms. The lowest BCUT2D eigenvalue weighted by Gasteiger charge is -2.04. The van der Waals surface area contributed by atoms with Gasteiger partial charge in [0.05, 0.1) is 11.6 Å². The zero-order valence-corrected chi connectivity index (χ0v) is 12.7. The van der Waals surface area contributed by atoms with Crippen LogP contribution in [-0.4, -0.2) is 14.4 Å². The first kappa shape index (κ1) is 14.3. The Balaban J connectivity index is 1.84. The second-order valence-electron chi connectivity index (χ2n) is 4.82. The summed E-state index contributed by atoms with van der Waals surface area (Å²) in [6.45, 7) is 1.95. The van der Waals surface area contributed by atoms with Gasteiger partial charge >= 0.3 is 5.69 Å².